The molecule has 0 spiro atoms. The molecule has 0 atom stereocenters. The Morgan fingerprint density at radius 3 is 2.42 bits per heavy atom. The summed E-state index contributed by atoms with van der Waals surface area (Å²) in [5.41, 5.74) is -0.199. The second-order valence-electron chi connectivity index (χ2n) is 3.90. The molecular weight excluding hydrogens is 259 g/mol. The molecule has 0 aliphatic heterocycles. The first-order valence-corrected chi connectivity index (χ1v) is 5.41. The molecule has 0 aliphatic rings. The first-order valence-electron chi connectivity index (χ1n) is 5.41. The van der Waals surface area contributed by atoms with Gasteiger partial charge >= 0.3 is 6.18 Å². The van der Waals surface area contributed by atoms with Gasteiger partial charge in [-0.1, -0.05) is 0 Å². The Morgan fingerprint density at radius 1 is 1.21 bits per heavy atom. The Balaban J connectivity index is 2.34. The fourth-order valence-corrected chi connectivity index (χ4v) is 1.52. The molecule has 0 saturated heterocycles. The van der Waals surface area contributed by atoms with Gasteiger partial charge in [-0.25, -0.2) is 4.98 Å². The largest absolute Gasteiger partial charge is 0.416 e. The number of rotatable bonds is 3. The van der Waals surface area contributed by atoms with Gasteiger partial charge in [-0.05, 0) is 12.1 Å². The fourth-order valence-electron chi connectivity index (χ4n) is 1.52. The minimum absolute atomic E-state index is 0.104. The Labute approximate surface area is 107 Å². The number of anilines is 3. The summed E-state index contributed by atoms with van der Waals surface area (Å²) in [6.07, 6.45) is -1.28. The van der Waals surface area contributed by atoms with Gasteiger partial charge < -0.3 is 10.6 Å². The first kappa shape index (κ1) is 13.2. The van der Waals surface area contributed by atoms with Crippen molar-refractivity contribution < 1.29 is 13.2 Å². The molecule has 0 fully saturated rings. The molecule has 102 valence electrons. The lowest BCUT2D eigenvalue weighted by Gasteiger charge is -2.11. The molecule has 0 amide bonds. The van der Waals surface area contributed by atoms with Crippen LogP contribution in [0, 0.1) is 0 Å². The van der Waals surface area contributed by atoms with E-state index >= 15 is 0 Å². The Morgan fingerprint density at radius 2 is 1.89 bits per heavy atom. The van der Waals surface area contributed by atoms with Gasteiger partial charge in [0, 0.05) is 20.3 Å². The van der Waals surface area contributed by atoms with Gasteiger partial charge in [-0.15, -0.1) is 0 Å². The van der Waals surface area contributed by atoms with Crippen LogP contribution in [0.4, 0.5) is 30.5 Å². The van der Waals surface area contributed by atoms with Gasteiger partial charge in [0.05, 0.1) is 17.4 Å². The van der Waals surface area contributed by atoms with Crippen LogP contribution < -0.4 is 10.6 Å². The SMILES string of the molecule is CNc1cc(C(F)(F)F)cc(Nc2cnn(C)c2)n1. The van der Waals surface area contributed by atoms with E-state index in [0.29, 0.717) is 5.69 Å². The number of aromatic nitrogens is 3. The van der Waals surface area contributed by atoms with Crippen molar-refractivity contribution in [1.29, 1.82) is 0 Å². The standard InChI is InChI=1S/C11H12F3N5/c1-15-9-3-7(11(12,13)14)4-10(18-9)17-8-5-16-19(2)6-8/h3-6H,1-2H3,(H2,15,17,18). The van der Waals surface area contributed by atoms with Crippen molar-refractivity contribution in [3.05, 3.63) is 30.1 Å². The molecule has 0 unspecified atom stereocenters. The first-order chi connectivity index (χ1) is 8.88. The molecule has 2 rings (SSSR count). The molecule has 2 heterocycles. The van der Waals surface area contributed by atoms with Crippen LogP contribution in [0.25, 0.3) is 0 Å². The highest BCUT2D eigenvalue weighted by molar-refractivity contribution is 5.58. The lowest BCUT2D eigenvalue weighted by molar-refractivity contribution is -0.137. The minimum atomic E-state index is -4.42. The molecule has 2 aromatic heterocycles. The topological polar surface area (TPSA) is 54.8 Å². The summed E-state index contributed by atoms with van der Waals surface area (Å²) >= 11 is 0. The van der Waals surface area contributed by atoms with Crippen LogP contribution in [0.2, 0.25) is 0 Å². The number of hydrogen-bond acceptors (Lipinski definition) is 4. The van der Waals surface area contributed by atoms with Crippen LogP contribution in [0.1, 0.15) is 5.56 Å². The maximum Gasteiger partial charge on any atom is 0.416 e. The van der Waals surface area contributed by atoms with E-state index in [4.69, 9.17) is 0 Å². The third-order valence-electron chi connectivity index (χ3n) is 2.39. The van der Waals surface area contributed by atoms with Crippen molar-refractivity contribution in [2.75, 3.05) is 17.7 Å². The molecule has 2 aromatic rings. The predicted octanol–water partition coefficient (Wildman–Crippen LogP) is 2.62. The van der Waals surface area contributed by atoms with Crippen LogP contribution in [0.5, 0.6) is 0 Å². The van der Waals surface area contributed by atoms with E-state index in [1.54, 1.807) is 13.2 Å². The Hall–Kier alpha value is -2.25. The van der Waals surface area contributed by atoms with Crippen molar-refractivity contribution in [3.63, 3.8) is 0 Å². The van der Waals surface area contributed by atoms with E-state index in [9.17, 15) is 13.2 Å². The molecule has 0 aromatic carbocycles. The van der Waals surface area contributed by atoms with Crippen molar-refractivity contribution in [2.24, 2.45) is 7.05 Å². The van der Waals surface area contributed by atoms with Crippen molar-refractivity contribution in [3.8, 4) is 0 Å². The number of pyridine rings is 1. The summed E-state index contributed by atoms with van der Waals surface area (Å²) in [6.45, 7) is 0. The predicted molar refractivity (Wildman–Crippen MR) is 65.3 cm³/mol. The molecular formula is C11H12F3N5. The van der Waals surface area contributed by atoms with Gasteiger partial charge in [0.2, 0.25) is 0 Å². The Bertz CT molecular complexity index is 576. The third-order valence-corrected chi connectivity index (χ3v) is 2.39. The van der Waals surface area contributed by atoms with Crippen LogP contribution in [0.15, 0.2) is 24.5 Å². The molecule has 0 saturated carbocycles. The molecule has 19 heavy (non-hydrogen) atoms. The van der Waals surface area contributed by atoms with Gasteiger partial charge in [0.25, 0.3) is 0 Å². The number of aryl methyl sites for hydroxylation is 1. The van der Waals surface area contributed by atoms with E-state index < -0.39 is 11.7 Å². The second-order valence-corrected chi connectivity index (χ2v) is 3.90. The summed E-state index contributed by atoms with van der Waals surface area (Å²) < 4.78 is 39.7. The lowest BCUT2D eigenvalue weighted by atomic mass is 10.2. The maximum atomic E-state index is 12.7. The highest BCUT2D eigenvalue weighted by Crippen LogP contribution is 2.32. The average Bonchev–Trinajstić information content (AvgIpc) is 2.73. The minimum Gasteiger partial charge on any atom is -0.373 e. The number of alkyl halides is 3. The average molecular weight is 271 g/mol. The highest BCUT2D eigenvalue weighted by Gasteiger charge is 2.31. The van der Waals surface area contributed by atoms with E-state index in [-0.39, 0.29) is 11.6 Å². The molecule has 2 N–H and O–H groups in total. The maximum absolute atomic E-state index is 12.7. The normalized spacial score (nSPS) is 11.4. The highest BCUT2D eigenvalue weighted by atomic mass is 19.4. The zero-order chi connectivity index (χ0) is 14.0. The van der Waals surface area contributed by atoms with Crippen LogP contribution in [0.3, 0.4) is 0 Å². The van der Waals surface area contributed by atoms with Crippen molar-refractivity contribution in [2.45, 2.75) is 6.18 Å². The molecule has 0 bridgehead atoms. The summed E-state index contributed by atoms with van der Waals surface area (Å²) in [7, 11) is 3.22. The lowest BCUT2D eigenvalue weighted by Crippen LogP contribution is -2.08. The zero-order valence-corrected chi connectivity index (χ0v) is 10.3. The zero-order valence-electron chi connectivity index (χ0n) is 10.3. The summed E-state index contributed by atoms with van der Waals surface area (Å²) in [5, 5.41) is 9.29. The Kier molecular flexibility index (Phi) is 3.32. The van der Waals surface area contributed by atoms with Crippen molar-refractivity contribution in [1.82, 2.24) is 14.8 Å². The summed E-state index contributed by atoms with van der Waals surface area (Å²) in [6, 6.07) is 1.91. The second kappa shape index (κ2) is 4.79. The van der Waals surface area contributed by atoms with E-state index in [1.165, 1.54) is 17.9 Å². The van der Waals surface area contributed by atoms with Crippen LogP contribution in [-0.2, 0) is 13.2 Å². The van der Waals surface area contributed by atoms with Gasteiger partial charge in [-0.2, -0.15) is 18.3 Å². The molecule has 5 nitrogen and oxygen atoms in total. The number of hydrogen-bond donors (Lipinski definition) is 2. The monoisotopic (exact) mass is 271 g/mol. The summed E-state index contributed by atoms with van der Waals surface area (Å²) in [5.74, 6) is 0.244. The third kappa shape index (κ3) is 3.15. The van der Waals surface area contributed by atoms with Gasteiger partial charge in [0.1, 0.15) is 11.6 Å². The van der Waals surface area contributed by atoms with Gasteiger partial charge in [0.15, 0.2) is 0 Å². The molecule has 8 heteroatoms. The number of nitrogens with one attached hydrogen (secondary N) is 2. The van der Waals surface area contributed by atoms with Gasteiger partial charge in [-0.3, -0.25) is 4.68 Å². The van der Waals surface area contributed by atoms with E-state index in [2.05, 4.69) is 20.7 Å². The number of nitrogens with zero attached hydrogens (tertiary/aromatic N) is 3. The fraction of sp³-hybridized carbons (Fsp3) is 0.273. The smallest absolute Gasteiger partial charge is 0.373 e. The summed E-state index contributed by atoms with van der Waals surface area (Å²) in [4.78, 5) is 4.01. The quantitative estimate of drug-likeness (QED) is 0.901. The van der Waals surface area contributed by atoms with E-state index in [0.717, 1.165) is 12.1 Å². The van der Waals surface area contributed by atoms with E-state index in [1.807, 2.05) is 0 Å². The van der Waals surface area contributed by atoms with Crippen LogP contribution in [-0.4, -0.2) is 21.8 Å². The molecule has 0 radical (unpaired) electrons. The van der Waals surface area contributed by atoms with Crippen molar-refractivity contribution >= 4 is 17.3 Å². The van der Waals surface area contributed by atoms with Crippen LogP contribution >= 0.6 is 0 Å². The number of halogens is 3. The molecule has 0 aliphatic carbocycles.